The molecule has 0 aromatic heterocycles. The summed E-state index contributed by atoms with van der Waals surface area (Å²) in [6.07, 6.45) is 1.63. The minimum Gasteiger partial charge on any atom is -0.478 e. The summed E-state index contributed by atoms with van der Waals surface area (Å²) in [7, 11) is 0. The van der Waals surface area contributed by atoms with Crippen molar-refractivity contribution in [2.24, 2.45) is 5.41 Å². The Bertz CT molecular complexity index is 509. The van der Waals surface area contributed by atoms with Gasteiger partial charge in [0.15, 0.2) is 0 Å². The van der Waals surface area contributed by atoms with Gasteiger partial charge in [-0.2, -0.15) is 5.26 Å². The van der Waals surface area contributed by atoms with E-state index in [2.05, 4.69) is 6.07 Å². The number of carbonyl (C=O) groups is 1. The molecule has 0 bridgehead atoms. The van der Waals surface area contributed by atoms with Gasteiger partial charge >= 0.3 is 5.97 Å². The van der Waals surface area contributed by atoms with E-state index in [1.807, 2.05) is 13.8 Å². The van der Waals surface area contributed by atoms with Gasteiger partial charge in [-0.05, 0) is 50.6 Å². The predicted molar refractivity (Wildman–Crippen MR) is 72.7 cm³/mol. The lowest BCUT2D eigenvalue weighted by molar-refractivity contribution is 0.0691. The molecule has 102 valence electrons. The summed E-state index contributed by atoms with van der Waals surface area (Å²) in [5.74, 6) is -1.21. The van der Waals surface area contributed by atoms with E-state index in [0.717, 1.165) is 23.5 Å². The summed E-state index contributed by atoms with van der Waals surface area (Å²) >= 11 is 1.47. The summed E-state index contributed by atoms with van der Waals surface area (Å²) in [6.45, 7) is 3.77. The van der Waals surface area contributed by atoms with Crippen molar-refractivity contribution >= 4 is 17.7 Å². The van der Waals surface area contributed by atoms with Crippen molar-refractivity contribution in [1.29, 1.82) is 5.26 Å². The molecule has 0 saturated carbocycles. The van der Waals surface area contributed by atoms with Gasteiger partial charge in [0.2, 0.25) is 0 Å². The number of rotatable bonds is 6. The van der Waals surface area contributed by atoms with Gasteiger partial charge in [0.25, 0.3) is 0 Å². The number of hydrogen-bond acceptors (Lipinski definition) is 3. The summed E-state index contributed by atoms with van der Waals surface area (Å²) in [6, 6.07) is 6.32. The van der Waals surface area contributed by atoms with Crippen LogP contribution >= 0.6 is 11.8 Å². The third-order valence-corrected chi connectivity index (χ3v) is 3.77. The highest BCUT2D eigenvalue weighted by Gasteiger charge is 2.16. The normalized spacial score (nSPS) is 11.1. The van der Waals surface area contributed by atoms with E-state index in [1.165, 1.54) is 23.9 Å². The molecule has 1 N–H and O–H groups in total. The molecule has 5 heteroatoms. The Kier molecular flexibility index (Phi) is 5.37. The quantitative estimate of drug-likeness (QED) is 0.633. The molecule has 1 aromatic rings. The Morgan fingerprint density at radius 1 is 1.53 bits per heavy atom. The maximum Gasteiger partial charge on any atom is 0.338 e. The molecule has 1 rings (SSSR count). The first kappa shape index (κ1) is 15.5. The van der Waals surface area contributed by atoms with Gasteiger partial charge in [0.05, 0.1) is 17.0 Å². The van der Waals surface area contributed by atoms with Crippen LogP contribution in [0.25, 0.3) is 0 Å². The molecule has 0 heterocycles. The molecule has 0 radical (unpaired) electrons. The van der Waals surface area contributed by atoms with Crippen LogP contribution in [0.5, 0.6) is 0 Å². The fourth-order valence-electron chi connectivity index (χ4n) is 1.52. The zero-order valence-electron chi connectivity index (χ0n) is 10.9. The van der Waals surface area contributed by atoms with Crippen molar-refractivity contribution < 1.29 is 14.3 Å². The van der Waals surface area contributed by atoms with Gasteiger partial charge in [-0.25, -0.2) is 9.18 Å². The van der Waals surface area contributed by atoms with Gasteiger partial charge in [0.1, 0.15) is 5.82 Å². The minimum atomic E-state index is -1.26. The fraction of sp³-hybridized carbons (Fsp3) is 0.429. The van der Waals surface area contributed by atoms with Crippen molar-refractivity contribution in [1.82, 2.24) is 0 Å². The molecule has 0 amide bonds. The van der Waals surface area contributed by atoms with E-state index in [4.69, 9.17) is 10.4 Å². The van der Waals surface area contributed by atoms with Crippen molar-refractivity contribution in [2.45, 2.75) is 31.6 Å². The summed E-state index contributed by atoms with van der Waals surface area (Å²) in [4.78, 5) is 11.5. The first-order valence-electron chi connectivity index (χ1n) is 5.92. The number of aromatic carboxylic acids is 1. The van der Waals surface area contributed by atoms with Crippen LogP contribution in [-0.4, -0.2) is 16.8 Å². The standard InChI is InChI=1S/C14H16FNO2S/c1-14(2,9-16)6-3-7-19-10-4-5-12(15)11(8-10)13(17)18/h4-5,8H,3,6-7H2,1-2H3,(H,17,18). The highest BCUT2D eigenvalue weighted by molar-refractivity contribution is 7.99. The molecule has 0 saturated heterocycles. The third kappa shape index (κ3) is 4.92. The molecular formula is C14H16FNO2S. The lowest BCUT2D eigenvalue weighted by atomic mass is 9.90. The van der Waals surface area contributed by atoms with Gasteiger partial charge in [0, 0.05) is 4.90 Å². The second-order valence-corrected chi connectivity index (χ2v) is 6.06. The molecule has 1 aromatic carbocycles. The van der Waals surface area contributed by atoms with E-state index in [1.54, 1.807) is 6.07 Å². The van der Waals surface area contributed by atoms with Gasteiger partial charge in [-0.15, -0.1) is 11.8 Å². The number of carboxylic acids is 1. The van der Waals surface area contributed by atoms with E-state index >= 15 is 0 Å². The largest absolute Gasteiger partial charge is 0.478 e. The van der Waals surface area contributed by atoms with E-state index in [9.17, 15) is 9.18 Å². The highest BCUT2D eigenvalue weighted by atomic mass is 32.2. The molecule has 0 aliphatic rings. The van der Waals surface area contributed by atoms with Crippen LogP contribution < -0.4 is 0 Å². The molecule has 0 atom stereocenters. The average molecular weight is 281 g/mol. The number of benzene rings is 1. The van der Waals surface area contributed by atoms with E-state index < -0.39 is 11.8 Å². The van der Waals surface area contributed by atoms with Crippen molar-refractivity contribution in [3.05, 3.63) is 29.6 Å². The Balaban J connectivity index is 2.53. The smallest absolute Gasteiger partial charge is 0.338 e. The van der Waals surface area contributed by atoms with Crippen molar-refractivity contribution in [3.8, 4) is 6.07 Å². The van der Waals surface area contributed by atoms with Crippen LogP contribution in [0, 0.1) is 22.6 Å². The summed E-state index contributed by atoms with van der Waals surface area (Å²) in [5, 5.41) is 17.7. The molecule has 19 heavy (non-hydrogen) atoms. The minimum absolute atomic E-state index is 0.303. The Morgan fingerprint density at radius 3 is 2.79 bits per heavy atom. The second kappa shape index (κ2) is 6.58. The van der Waals surface area contributed by atoms with E-state index in [0.29, 0.717) is 0 Å². The molecule has 0 aliphatic heterocycles. The van der Waals surface area contributed by atoms with Crippen LogP contribution in [0.1, 0.15) is 37.0 Å². The number of halogens is 1. The van der Waals surface area contributed by atoms with Crippen molar-refractivity contribution in [3.63, 3.8) is 0 Å². The van der Waals surface area contributed by atoms with Crippen LogP contribution in [0.4, 0.5) is 4.39 Å². The van der Waals surface area contributed by atoms with Gasteiger partial charge in [-0.1, -0.05) is 0 Å². The number of thioether (sulfide) groups is 1. The molecular weight excluding hydrogens is 265 g/mol. The highest BCUT2D eigenvalue weighted by Crippen LogP contribution is 2.26. The van der Waals surface area contributed by atoms with Crippen LogP contribution in [0.3, 0.4) is 0 Å². The Labute approximate surface area is 116 Å². The SMILES string of the molecule is CC(C)(C#N)CCCSc1ccc(F)c(C(=O)O)c1. The number of carboxylic acid groups (broad SMARTS) is 1. The zero-order valence-corrected chi connectivity index (χ0v) is 11.8. The maximum atomic E-state index is 13.2. The number of nitrogens with zero attached hydrogens (tertiary/aromatic N) is 1. The lowest BCUT2D eigenvalue weighted by Crippen LogP contribution is -2.07. The summed E-state index contributed by atoms with van der Waals surface area (Å²) < 4.78 is 13.2. The van der Waals surface area contributed by atoms with Gasteiger partial charge < -0.3 is 5.11 Å². The van der Waals surface area contributed by atoms with Gasteiger partial charge in [-0.3, -0.25) is 0 Å². The Morgan fingerprint density at radius 2 is 2.21 bits per heavy atom. The first-order chi connectivity index (χ1) is 8.85. The van der Waals surface area contributed by atoms with Crippen molar-refractivity contribution in [2.75, 3.05) is 5.75 Å². The number of hydrogen-bond donors (Lipinski definition) is 1. The molecule has 0 spiro atoms. The third-order valence-electron chi connectivity index (χ3n) is 2.69. The van der Waals surface area contributed by atoms with E-state index in [-0.39, 0.29) is 11.0 Å². The van der Waals surface area contributed by atoms with Crippen LogP contribution in [0.15, 0.2) is 23.1 Å². The Hall–Kier alpha value is -1.54. The monoisotopic (exact) mass is 281 g/mol. The zero-order chi connectivity index (χ0) is 14.5. The predicted octanol–water partition coefficient (Wildman–Crippen LogP) is 3.95. The average Bonchev–Trinajstić information content (AvgIpc) is 2.36. The van der Waals surface area contributed by atoms with Crippen LogP contribution in [-0.2, 0) is 0 Å². The second-order valence-electron chi connectivity index (χ2n) is 4.89. The molecule has 0 unspecified atom stereocenters. The molecule has 0 fully saturated rings. The summed E-state index contributed by atoms with van der Waals surface area (Å²) in [5.41, 5.74) is -0.641. The number of nitriles is 1. The first-order valence-corrected chi connectivity index (χ1v) is 6.91. The topological polar surface area (TPSA) is 61.1 Å². The fourth-order valence-corrected chi connectivity index (χ4v) is 2.41. The molecule has 3 nitrogen and oxygen atoms in total. The lowest BCUT2D eigenvalue weighted by Gasteiger charge is -2.14. The van der Waals surface area contributed by atoms with Crippen LogP contribution in [0.2, 0.25) is 0 Å². The molecule has 0 aliphatic carbocycles. The maximum absolute atomic E-state index is 13.2.